The average Bonchev–Trinajstić information content (AvgIpc) is 3.68. The maximum atomic E-state index is 11.3. The summed E-state index contributed by atoms with van der Waals surface area (Å²) in [5.41, 5.74) is 0.576. The first-order valence-corrected chi connectivity index (χ1v) is 19.7. The lowest BCUT2D eigenvalue weighted by Crippen LogP contribution is -2.53. The van der Waals surface area contributed by atoms with Crippen LogP contribution in [0.25, 0.3) is 0 Å². The van der Waals surface area contributed by atoms with Crippen LogP contribution < -0.4 is 0 Å². The van der Waals surface area contributed by atoms with Gasteiger partial charge in [0, 0.05) is 17.0 Å². The number of ketones is 2. The van der Waals surface area contributed by atoms with Gasteiger partial charge in [0.25, 0.3) is 0 Å². The van der Waals surface area contributed by atoms with Gasteiger partial charge in [0.15, 0.2) is 0 Å². The molecule has 0 aromatic rings. The number of carboxylic acids is 2. The highest BCUT2D eigenvalue weighted by Crippen LogP contribution is 2.44. The molecule has 2 saturated heterocycles. The van der Waals surface area contributed by atoms with Crippen LogP contribution in [0.2, 0.25) is 0 Å². The van der Waals surface area contributed by atoms with Crippen LogP contribution in [0, 0.1) is 34.5 Å². The predicted molar refractivity (Wildman–Crippen MR) is 205 cm³/mol. The Morgan fingerprint density at radius 2 is 0.860 bits per heavy atom. The van der Waals surface area contributed by atoms with Gasteiger partial charge in [-0.3, -0.25) is 29.0 Å². The van der Waals surface area contributed by atoms with E-state index in [1.165, 1.54) is 25.7 Å². The number of hydrogen-bond acceptors (Lipinski definition) is 6. The van der Waals surface area contributed by atoms with Crippen LogP contribution in [0.5, 0.6) is 0 Å². The molecule has 4 rings (SSSR count). The minimum atomic E-state index is -0.672. The number of aliphatic carboxylic acids is 2. The smallest absolute Gasteiger partial charge is 0.320 e. The Bertz CT molecular complexity index is 1000. The molecule has 2 saturated carbocycles. The van der Waals surface area contributed by atoms with E-state index in [1.54, 1.807) is 13.8 Å². The summed E-state index contributed by atoms with van der Waals surface area (Å²) in [6.07, 6.45) is 13.0. The van der Waals surface area contributed by atoms with Crippen LogP contribution >= 0.6 is 0 Å². The van der Waals surface area contributed by atoms with Gasteiger partial charge in [0.1, 0.15) is 17.6 Å². The van der Waals surface area contributed by atoms with Gasteiger partial charge in [-0.1, -0.05) is 67.2 Å². The van der Waals surface area contributed by atoms with E-state index in [4.69, 9.17) is 10.2 Å². The minimum absolute atomic E-state index is 0.0243. The molecular weight excluding hydrogens is 628 g/mol. The summed E-state index contributed by atoms with van der Waals surface area (Å²) in [6.45, 7) is 31.4. The molecule has 2 aliphatic heterocycles. The summed E-state index contributed by atoms with van der Waals surface area (Å²) in [5, 5.41) is 18.1. The zero-order chi connectivity index (χ0) is 38.8. The molecule has 6 atom stereocenters. The fourth-order valence-corrected chi connectivity index (χ4v) is 8.93. The predicted octanol–water partition coefficient (Wildman–Crippen LogP) is 9.52. The number of carboxylic acid groups (broad SMARTS) is 2. The molecule has 4 aliphatic rings. The van der Waals surface area contributed by atoms with Crippen molar-refractivity contribution >= 4 is 23.5 Å². The molecule has 2 heterocycles. The highest BCUT2D eigenvalue weighted by molar-refractivity contribution is 5.81. The molecule has 8 heteroatoms. The second kappa shape index (κ2) is 19.3. The molecule has 0 radical (unpaired) electrons. The molecule has 0 bridgehead atoms. The van der Waals surface area contributed by atoms with Crippen LogP contribution in [-0.2, 0) is 19.2 Å². The van der Waals surface area contributed by atoms with Gasteiger partial charge >= 0.3 is 11.9 Å². The van der Waals surface area contributed by atoms with E-state index in [1.807, 2.05) is 0 Å². The monoisotopic (exact) mass is 707 g/mol. The standard InChI is InChI=1S/C11H20O2.C11H20O.C10H19NO2.C10H19NO/c1-11(2,3)9-7-5-4-6-8(9)10(12)13;1-8(12)9-6-5-7-10(9)11(2,3)4;1-10(2,3)11-7-5-4-6-8(11)9(12)13;1-8(12)9-6-5-7-11(9)10(2,3)4/h8-9H,4-7H2,1-3H3,(H,12,13);9-10H,5-7H2,1-4H3;8H,4-7H2,1-3H3,(H,12,13);9H,5-7H2,1-4H3. The normalized spacial score (nSPS) is 28.2. The van der Waals surface area contributed by atoms with Crippen molar-refractivity contribution in [2.24, 2.45) is 34.5 Å². The third kappa shape index (κ3) is 14.7. The van der Waals surface area contributed by atoms with Gasteiger partial charge < -0.3 is 10.2 Å². The van der Waals surface area contributed by atoms with Crippen molar-refractivity contribution in [3.05, 3.63) is 0 Å². The molecule has 0 aromatic carbocycles. The van der Waals surface area contributed by atoms with E-state index in [-0.39, 0.29) is 34.5 Å². The highest BCUT2D eigenvalue weighted by Gasteiger charge is 2.39. The van der Waals surface area contributed by atoms with E-state index >= 15 is 0 Å². The SMILES string of the molecule is CC(=O)C1CCCC1C(C)(C)C.CC(=O)C1CCCN1C(C)(C)C.CC(C)(C)C1CCCCC1C(=O)O.CC(C)(C)N1CCCCC1C(=O)O. The summed E-state index contributed by atoms with van der Waals surface area (Å²) in [6, 6.07) is -0.0845. The Hall–Kier alpha value is -1.80. The van der Waals surface area contributed by atoms with Gasteiger partial charge in [-0.05, 0) is 143 Å². The van der Waals surface area contributed by atoms with Crippen LogP contribution in [0.15, 0.2) is 0 Å². The van der Waals surface area contributed by atoms with E-state index < -0.39 is 11.9 Å². The van der Waals surface area contributed by atoms with Crippen LogP contribution in [-0.4, -0.2) is 79.8 Å². The number of likely N-dealkylation sites (tertiary alicyclic amines) is 2. The Labute approximate surface area is 306 Å². The molecule has 2 N–H and O–H groups in total. The third-order valence-corrected chi connectivity index (χ3v) is 11.6. The van der Waals surface area contributed by atoms with E-state index in [0.29, 0.717) is 34.7 Å². The number of Topliss-reactive ketones (excluding diaryl/α,β-unsaturated/α-hetero) is 2. The fourth-order valence-electron chi connectivity index (χ4n) is 8.93. The van der Waals surface area contributed by atoms with Crippen LogP contribution in [0.1, 0.15) is 174 Å². The second-order valence-electron chi connectivity index (χ2n) is 19.7. The summed E-state index contributed by atoms with van der Waals surface area (Å²) in [5.74, 6) is 0.677. The van der Waals surface area contributed by atoms with Crippen molar-refractivity contribution in [3.63, 3.8) is 0 Å². The van der Waals surface area contributed by atoms with Crippen molar-refractivity contribution in [2.45, 2.75) is 197 Å². The highest BCUT2D eigenvalue weighted by atomic mass is 16.4. The van der Waals surface area contributed by atoms with Crippen molar-refractivity contribution < 1.29 is 29.4 Å². The Kier molecular flexibility index (Phi) is 17.9. The second-order valence-corrected chi connectivity index (χ2v) is 19.7. The number of nitrogens with zero attached hydrogens (tertiary/aromatic N) is 2. The lowest BCUT2D eigenvalue weighted by Gasteiger charge is -2.42. The molecule has 50 heavy (non-hydrogen) atoms. The summed E-state index contributed by atoms with van der Waals surface area (Å²) in [4.78, 5) is 49.0. The molecule has 0 spiro atoms. The zero-order valence-electron chi connectivity index (χ0n) is 34.8. The Balaban J connectivity index is 0.000000334. The van der Waals surface area contributed by atoms with Crippen LogP contribution in [0.4, 0.5) is 0 Å². The molecule has 6 unspecified atom stereocenters. The van der Waals surface area contributed by atoms with Crippen molar-refractivity contribution in [1.82, 2.24) is 9.80 Å². The first kappa shape index (κ1) is 46.2. The molecule has 0 aromatic heterocycles. The summed E-state index contributed by atoms with van der Waals surface area (Å²) < 4.78 is 0. The molecule has 292 valence electrons. The zero-order valence-corrected chi connectivity index (χ0v) is 34.8. The lowest BCUT2D eigenvalue weighted by molar-refractivity contribution is -0.148. The van der Waals surface area contributed by atoms with Gasteiger partial charge in [0.2, 0.25) is 0 Å². The number of piperidine rings is 1. The van der Waals surface area contributed by atoms with Crippen molar-refractivity contribution in [2.75, 3.05) is 13.1 Å². The number of carbonyl (C=O) groups is 4. The topological polar surface area (TPSA) is 115 Å². The number of hydrogen-bond donors (Lipinski definition) is 2. The van der Waals surface area contributed by atoms with Crippen molar-refractivity contribution in [1.29, 1.82) is 0 Å². The third-order valence-electron chi connectivity index (χ3n) is 11.6. The number of rotatable bonds is 4. The minimum Gasteiger partial charge on any atom is -0.481 e. The van der Waals surface area contributed by atoms with Gasteiger partial charge in [-0.25, -0.2) is 0 Å². The summed E-state index contributed by atoms with van der Waals surface area (Å²) >= 11 is 0. The average molecular weight is 707 g/mol. The quantitative estimate of drug-likeness (QED) is 0.297. The Morgan fingerprint density at radius 3 is 1.22 bits per heavy atom. The molecule has 2 aliphatic carbocycles. The maximum absolute atomic E-state index is 11.3. The van der Waals surface area contributed by atoms with E-state index in [2.05, 4.69) is 92.9 Å². The maximum Gasteiger partial charge on any atom is 0.320 e. The fraction of sp³-hybridized carbons (Fsp3) is 0.905. The molecule has 8 nitrogen and oxygen atoms in total. The first-order valence-electron chi connectivity index (χ1n) is 19.7. The van der Waals surface area contributed by atoms with E-state index in [9.17, 15) is 19.2 Å². The van der Waals surface area contributed by atoms with Crippen LogP contribution in [0.3, 0.4) is 0 Å². The van der Waals surface area contributed by atoms with Gasteiger partial charge in [-0.15, -0.1) is 0 Å². The largest absolute Gasteiger partial charge is 0.481 e. The van der Waals surface area contributed by atoms with Gasteiger partial charge in [0.05, 0.1) is 12.0 Å². The number of carbonyl (C=O) groups excluding carboxylic acids is 2. The molecular formula is C42H78N2O6. The Morgan fingerprint density at radius 1 is 0.460 bits per heavy atom. The molecule has 0 amide bonds. The van der Waals surface area contributed by atoms with Crippen molar-refractivity contribution in [3.8, 4) is 0 Å². The van der Waals surface area contributed by atoms with E-state index in [0.717, 1.165) is 64.5 Å². The summed E-state index contributed by atoms with van der Waals surface area (Å²) in [7, 11) is 0. The van der Waals surface area contributed by atoms with Gasteiger partial charge in [-0.2, -0.15) is 0 Å². The molecule has 4 fully saturated rings. The first-order chi connectivity index (χ1) is 22.7. The lowest BCUT2D eigenvalue weighted by atomic mass is 9.66.